The normalized spacial score (nSPS) is 22.4. The first-order valence-electron chi connectivity index (χ1n) is 10.8. The summed E-state index contributed by atoms with van der Waals surface area (Å²) in [5.74, 6) is -2.84. The molecular formula is C25H23F3N2O3. The number of benzene rings is 2. The standard InChI is InChI=1S/C25H23F3N2O3/c1-14-8-17-16-4-2-3-5-20(16)29-23(17)24(30(14)11-25(28)12-33-13-25)22-18(26)9-15(10-19(22)27)6-7-21(31)32/h2-7,9-10,14,24,29H,8,11-13H2,1H3,(H,31,32)/t14-,24-/m1/s1. The number of H-pyrrole nitrogens is 1. The van der Waals surface area contributed by atoms with Crippen LogP contribution < -0.4 is 0 Å². The summed E-state index contributed by atoms with van der Waals surface area (Å²) in [5, 5.41) is 9.80. The second-order valence-electron chi connectivity index (χ2n) is 8.90. The summed E-state index contributed by atoms with van der Waals surface area (Å²) in [5.41, 5.74) is 0.789. The molecule has 0 aliphatic carbocycles. The molecule has 0 saturated carbocycles. The van der Waals surface area contributed by atoms with E-state index >= 15 is 13.2 Å². The van der Waals surface area contributed by atoms with Crippen LogP contribution in [0.5, 0.6) is 0 Å². The van der Waals surface area contributed by atoms with Crippen molar-refractivity contribution in [1.82, 2.24) is 9.88 Å². The molecule has 5 nitrogen and oxygen atoms in total. The molecule has 2 aliphatic heterocycles. The number of rotatable bonds is 5. The number of carboxylic acid groups (broad SMARTS) is 1. The van der Waals surface area contributed by atoms with Crippen LogP contribution in [0.25, 0.3) is 17.0 Å². The molecule has 0 unspecified atom stereocenters. The third-order valence-corrected chi connectivity index (χ3v) is 6.50. The van der Waals surface area contributed by atoms with Gasteiger partial charge in [-0.1, -0.05) is 18.2 Å². The molecular weight excluding hydrogens is 433 g/mol. The van der Waals surface area contributed by atoms with Crippen molar-refractivity contribution in [2.24, 2.45) is 0 Å². The molecule has 3 aromatic rings. The Hall–Kier alpha value is -3.10. The maximum atomic E-state index is 15.4. The van der Waals surface area contributed by atoms with Gasteiger partial charge in [0.15, 0.2) is 5.67 Å². The van der Waals surface area contributed by atoms with Crippen LogP contribution in [0.3, 0.4) is 0 Å². The summed E-state index contributed by atoms with van der Waals surface area (Å²) < 4.78 is 51.1. The van der Waals surface area contributed by atoms with Crippen LogP contribution in [0.15, 0.2) is 42.5 Å². The third-order valence-electron chi connectivity index (χ3n) is 6.50. The fraction of sp³-hybridized carbons (Fsp3) is 0.320. The van der Waals surface area contributed by atoms with E-state index in [1.54, 1.807) is 4.90 Å². The lowest BCUT2D eigenvalue weighted by Gasteiger charge is -2.46. The lowest BCUT2D eigenvalue weighted by Crippen LogP contribution is -2.57. The highest BCUT2D eigenvalue weighted by Crippen LogP contribution is 2.44. The zero-order valence-corrected chi connectivity index (χ0v) is 17.9. The summed E-state index contributed by atoms with van der Waals surface area (Å²) in [6.45, 7) is 1.81. The van der Waals surface area contributed by atoms with Gasteiger partial charge < -0.3 is 14.8 Å². The van der Waals surface area contributed by atoms with Crippen LogP contribution in [0.4, 0.5) is 13.2 Å². The van der Waals surface area contributed by atoms with Crippen molar-refractivity contribution in [2.45, 2.75) is 31.1 Å². The first-order chi connectivity index (χ1) is 15.8. The monoisotopic (exact) mass is 456 g/mol. The highest BCUT2D eigenvalue weighted by atomic mass is 19.1. The van der Waals surface area contributed by atoms with E-state index in [0.29, 0.717) is 12.1 Å². The largest absolute Gasteiger partial charge is 0.478 e. The Morgan fingerprint density at radius 1 is 1.27 bits per heavy atom. The second kappa shape index (κ2) is 8.04. The Kier molecular flexibility index (Phi) is 5.29. The number of carbonyl (C=O) groups is 1. The average Bonchev–Trinajstić information content (AvgIpc) is 3.10. The second-order valence-corrected chi connectivity index (χ2v) is 8.90. The number of carboxylic acids is 1. The Labute approximate surface area is 188 Å². The van der Waals surface area contributed by atoms with Gasteiger partial charge in [0.25, 0.3) is 0 Å². The number of nitrogens with one attached hydrogen (secondary N) is 1. The van der Waals surface area contributed by atoms with E-state index in [1.807, 2.05) is 31.2 Å². The van der Waals surface area contributed by atoms with Gasteiger partial charge in [0.2, 0.25) is 0 Å². The van der Waals surface area contributed by atoms with E-state index < -0.39 is 29.3 Å². The summed E-state index contributed by atoms with van der Waals surface area (Å²) >= 11 is 0. The molecule has 8 heteroatoms. The molecule has 0 amide bonds. The Morgan fingerprint density at radius 3 is 2.61 bits per heavy atom. The lowest BCUT2D eigenvalue weighted by atomic mass is 9.86. The molecule has 1 aromatic heterocycles. The number of ether oxygens (including phenoxy) is 1. The molecule has 5 rings (SSSR count). The molecule has 2 atom stereocenters. The number of nitrogens with zero attached hydrogens (tertiary/aromatic N) is 1. The number of aromatic nitrogens is 1. The predicted octanol–water partition coefficient (Wildman–Crippen LogP) is 4.62. The van der Waals surface area contributed by atoms with Gasteiger partial charge in [-0.2, -0.15) is 0 Å². The zero-order chi connectivity index (χ0) is 23.3. The fourth-order valence-electron chi connectivity index (χ4n) is 4.94. The minimum Gasteiger partial charge on any atom is -0.478 e. The number of fused-ring (bicyclic) bond motifs is 3. The van der Waals surface area contributed by atoms with E-state index in [0.717, 1.165) is 40.8 Å². The van der Waals surface area contributed by atoms with Crippen LogP contribution in [-0.4, -0.2) is 52.4 Å². The first-order valence-corrected chi connectivity index (χ1v) is 10.8. The average molecular weight is 456 g/mol. The van der Waals surface area contributed by atoms with Crippen LogP contribution >= 0.6 is 0 Å². The van der Waals surface area contributed by atoms with Gasteiger partial charge >= 0.3 is 5.97 Å². The minimum absolute atomic E-state index is 0.0206. The molecule has 1 fully saturated rings. The van der Waals surface area contributed by atoms with Gasteiger partial charge in [0.1, 0.15) is 11.6 Å². The minimum atomic E-state index is -1.58. The fourth-order valence-corrected chi connectivity index (χ4v) is 4.94. The molecule has 0 radical (unpaired) electrons. The molecule has 0 bridgehead atoms. The quantitative estimate of drug-likeness (QED) is 0.550. The van der Waals surface area contributed by atoms with Crippen LogP contribution in [-0.2, 0) is 16.0 Å². The number of halogens is 3. The van der Waals surface area contributed by atoms with Crippen molar-refractivity contribution in [1.29, 1.82) is 0 Å². The van der Waals surface area contributed by atoms with Crippen LogP contribution in [0, 0.1) is 11.6 Å². The van der Waals surface area contributed by atoms with Gasteiger partial charge in [-0.15, -0.1) is 0 Å². The van der Waals surface area contributed by atoms with Crippen LogP contribution in [0.1, 0.15) is 35.3 Å². The molecule has 2 aliphatic rings. The van der Waals surface area contributed by atoms with Crippen molar-refractivity contribution in [2.75, 3.05) is 19.8 Å². The van der Waals surface area contributed by atoms with Gasteiger partial charge in [-0.3, -0.25) is 4.90 Å². The first kappa shape index (κ1) is 21.7. The number of hydrogen-bond acceptors (Lipinski definition) is 3. The Morgan fingerprint density at radius 2 is 1.97 bits per heavy atom. The van der Waals surface area contributed by atoms with Crippen molar-refractivity contribution in [3.05, 3.63) is 76.5 Å². The Balaban J connectivity index is 1.67. The van der Waals surface area contributed by atoms with E-state index in [1.165, 1.54) is 0 Å². The Bertz CT molecular complexity index is 1240. The summed E-state index contributed by atoms with van der Waals surface area (Å²) in [6.07, 6.45) is 2.56. The molecule has 0 spiro atoms. The number of aromatic amines is 1. The SMILES string of the molecule is C[C@@H]1Cc2c([nH]c3ccccc23)[C@@H](c2c(F)cc(C=CC(=O)O)cc2F)N1CC1(F)COC1. The number of alkyl halides is 1. The van der Waals surface area contributed by atoms with Gasteiger partial charge in [-0.25, -0.2) is 18.0 Å². The predicted molar refractivity (Wildman–Crippen MR) is 118 cm³/mol. The maximum absolute atomic E-state index is 15.4. The van der Waals surface area contributed by atoms with Gasteiger partial charge in [0.05, 0.1) is 19.3 Å². The molecule has 172 valence electrons. The number of para-hydroxylation sites is 1. The molecule has 3 heterocycles. The van der Waals surface area contributed by atoms with Gasteiger partial charge in [-0.05, 0) is 48.7 Å². The molecule has 33 heavy (non-hydrogen) atoms. The molecule has 1 saturated heterocycles. The zero-order valence-electron chi connectivity index (χ0n) is 17.9. The van der Waals surface area contributed by atoms with Crippen molar-refractivity contribution in [3.63, 3.8) is 0 Å². The maximum Gasteiger partial charge on any atom is 0.328 e. The highest BCUT2D eigenvalue weighted by Gasteiger charge is 2.46. The highest BCUT2D eigenvalue weighted by molar-refractivity contribution is 5.86. The van der Waals surface area contributed by atoms with Crippen molar-refractivity contribution >= 4 is 22.9 Å². The van der Waals surface area contributed by atoms with E-state index in [-0.39, 0.29) is 36.9 Å². The smallest absolute Gasteiger partial charge is 0.328 e. The number of aliphatic carboxylic acids is 1. The van der Waals surface area contributed by atoms with Gasteiger partial charge in [0, 0.05) is 40.8 Å². The van der Waals surface area contributed by atoms with E-state index in [2.05, 4.69) is 4.98 Å². The summed E-state index contributed by atoms with van der Waals surface area (Å²) in [6, 6.07) is 8.82. The van der Waals surface area contributed by atoms with E-state index in [9.17, 15) is 4.79 Å². The topological polar surface area (TPSA) is 65.6 Å². The van der Waals surface area contributed by atoms with Crippen LogP contribution in [0.2, 0.25) is 0 Å². The van der Waals surface area contributed by atoms with E-state index in [4.69, 9.17) is 9.84 Å². The van der Waals surface area contributed by atoms with Crippen molar-refractivity contribution < 1.29 is 27.8 Å². The number of hydrogen-bond donors (Lipinski definition) is 2. The third kappa shape index (κ3) is 3.83. The lowest BCUT2D eigenvalue weighted by molar-refractivity contribution is -0.148. The van der Waals surface area contributed by atoms with Crippen molar-refractivity contribution in [3.8, 4) is 0 Å². The summed E-state index contributed by atoms with van der Waals surface area (Å²) in [4.78, 5) is 15.9. The molecule has 2 N–H and O–H groups in total. The summed E-state index contributed by atoms with van der Waals surface area (Å²) in [7, 11) is 0. The molecule has 2 aromatic carbocycles.